The van der Waals surface area contributed by atoms with Gasteiger partial charge < -0.3 is 10.4 Å². The van der Waals surface area contributed by atoms with Crippen LogP contribution in [-0.2, 0) is 11.3 Å². The topological polar surface area (TPSA) is 90.9 Å². The van der Waals surface area contributed by atoms with Crippen molar-refractivity contribution in [3.05, 3.63) is 18.0 Å². The Bertz CT molecular complexity index is 962. The Morgan fingerprint density at radius 3 is 2.71 bits per heavy atom. The number of nitrogens with one attached hydrogen (secondary N) is 1. The number of nitriles is 1. The first kappa shape index (κ1) is 24.0. The summed E-state index contributed by atoms with van der Waals surface area (Å²) < 4.78 is 1.65. The molecule has 0 radical (unpaired) electrons. The minimum atomic E-state index is -0.484. The van der Waals surface area contributed by atoms with Gasteiger partial charge in [0.05, 0.1) is 23.9 Å². The molecule has 6 heteroatoms. The van der Waals surface area contributed by atoms with E-state index in [9.17, 15) is 9.90 Å². The number of hydrogen-bond donors (Lipinski definition) is 2. The smallest absolute Gasteiger partial charge is 0.157 e. The van der Waals surface area contributed by atoms with Crippen LogP contribution in [0.1, 0.15) is 84.6 Å². The number of hydrogen-bond acceptors (Lipinski definition) is 5. The van der Waals surface area contributed by atoms with Gasteiger partial charge in [-0.05, 0) is 93.3 Å². The molecule has 3 unspecified atom stereocenters. The van der Waals surface area contributed by atoms with Crippen LogP contribution in [-0.4, -0.2) is 38.4 Å². The summed E-state index contributed by atoms with van der Waals surface area (Å²) in [5.41, 5.74) is 0.0384. The van der Waals surface area contributed by atoms with Gasteiger partial charge >= 0.3 is 0 Å². The second-order valence-corrected chi connectivity index (χ2v) is 12.9. The Balaban J connectivity index is 1.39. The first-order chi connectivity index (χ1) is 16.1. The van der Waals surface area contributed by atoms with Crippen molar-refractivity contribution in [3.63, 3.8) is 0 Å². The zero-order chi connectivity index (χ0) is 24.3. The fourth-order valence-corrected chi connectivity index (χ4v) is 9.07. The number of nitrogens with zero attached hydrogens (tertiary/aromatic N) is 3. The van der Waals surface area contributed by atoms with E-state index in [1.807, 2.05) is 6.92 Å². The van der Waals surface area contributed by atoms with Crippen molar-refractivity contribution in [2.75, 3.05) is 0 Å². The highest BCUT2D eigenvalue weighted by Gasteiger charge is 2.62. The van der Waals surface area contributed by atoms with Gasteiger partial charge in [-0.2, -0.15) is 10.4 Å². The first-order valence-electron chi connectivity index (χ1n) is 13.5. The molecule has 2 N–H and O–H groups in total. The fraction of sp³-hybridized carbons (Fsp3) is 0.821. The van der Waals surface area contributed by atoms with Crippen LogP contribution in [0.25, 0.3) is 0 Å². The molecule has 1 aromatic rings. The number of aromatic nitrogens is 2. The molecule has 6 nitrogen and oxygen atoms in total. The molecule has 34 heavy (non-hydrogen) atoms. The molecule has 4 aliphatic carbocycles. The molecule has 0 spiro atoms. The third-order valence-corrected chi connectivity index (χ3v) is 10.3. The Kier molecular flexibility index (Phi) is 6.18. The van der Waals surface area contributed by atoms with Crippen molar-refractivity contribution in [2.45, 2.75) is 103 Å². The minimum absolute atomic E-state index is 0.0169. The molecule has 0 aromatic carbocycles. The predicted molar refractivity (Wildman–Crippen MR) is 131 cm³/mol. The normalized spacial score (nSPS) is 43.6. The maximum Gasteiger partial charge on any atom is 0.157 e. The SMILES string of the molecule is CC(C)NC1C[C@H](C(=O)Cn2cc(C#N)cn2)[C@@]2(C)CCC3[C@@H](CC[C@@H]4C[C@](C)(O)CC[C@H]34)C12. The molecule has 4 fully saturated rings. The monoisotopic (exact) mass is 466 g/mol. The van der Waals surface area contributed by atoms with Crippen LogP contribution in [0.2, 0.25) is 0 Å². The number of carbonyl (C=O) groups is 1. The van der Waals surface area contributed by atoms with Gasteiger partial charge in [0.15, 0.2) is 5.78 Å². The van der Waals surface area contributed by atoms with E-state index in [0.717, 1.165) is 43.9 Å². The number of aliphatic hydroxyl groups is 1. The Labute approximate surface area is 204 Å². The summed E-state index contributed by atoms with van der Waals surface area (Å²) in [5, 5.41) is 28.0. The maximum absolute atomic E-state index is 13.7. The van der Waals surface area contributed by atoms with Crippen molar-refractivity contribution >= 4 is 5.78 Å². The fourth-order valence-electron chi connectivity index (χ4n) is 9.07. The molecule has 0 amide bonds. The number of Topliss-reactive ketones (excluding diaryl/α,β-unsaturated/α-hetero) is 1. The lowest BCUT2D eigenvalue weighted by molar-refractivity contribution is -0.133. The predicted octanol–water partition coefficient (Wildman–Crippen LogP) is 4.32. The van der Waals surface area contributed by atoms with Crippen LogP contribution in [0.4, 0.5) is 0 Å². The second kappa shape index (κ2) is 8.75. The number of carbonyl (C=O) groups excluding carboxylic acids is 1. The zero-order valence-electron chi connectivity index (χ0n) is 21.3. The van der Waals surface area contributed by atoms with Gasteiger partial charge in [-0.25, -0.2) is 0 Å². The molecule has 0 aliphatic heterocycles. The van der Waals surface area contributed by atoms with Gasteiger partial charge in [0.1, 0.15) is 6.07 Å². The minimum Gasteiger partial charge on any atom is -0.390 e. The Morgan fingerprint density at radius 1 is 1.24 bits per heavy atom. The number of rotatable bonds is 5. The van der Waals surface area contributed by atoms with Gasteiger partial charge in [-0.3, -0.25) is 9.48 Å². The average molecular weight is 467 g/mol. The third-order valence-electron chi connectivity index (χ3n) is 10.3. The third kappa shape index (κ3) is 4.13. The summed E-state index contributed by atoms with van der Waals surface area (Å²) in [4.78, 5) is 13.7. The van der Waals surface area contributed by atoms with Crippen molar-refractivity contribution in [1.29, 1.82) is 5.26 Å². The van der Waals surface area contributed by atoms with Gasteiger partial charge in [0.2, 0.25) is 0 Å². The summed E-state index contributed by atoms with van der Waals surface area (Å²) in [5.74, 6) is 3.65. The molecular weight excluding hydrogens is 424 g/mol. The molecule has 0 saturated heterocycles. The molecular formula is C28H42N4O2. The lowest BCUT2D eigenvalue weighted by Gasteiger charge is -2.57. The first-order valence-corrected chi connectivity index (χ1v) is 13.5. The van der Waals surface area contributed by atoms with Crippen LogP contribution in [0.3, 0.4) is 0 Å². The van der Waals surface area contributed by atoms with Crippen molar-refractivity contribution < 1.29 is 9.90 Å². The van der Waals surface area contributed by atoms with Gasteiger partial charge in [0.25, 0.3) is 0 Å². The van der Waals surface area contributed by atoms with Gasteiger partial charge in [-0.15, -0.1) is 0 Å². The van der Waals surface area contributed by atoms with Crippen molar-refractivity contribution in [3.8, 4) is 6.07 Å². The molecule has 5 rings (SSSR count). The zero-order valence-corrected chi connectivity index (χ0v) is 21.3. The van der Waals surface area contributed by atoms with E-state index in [-0.39, 0.29) is 23.7 Å². The number of fused-ring (bicyclic) bond motifs is 5. The molecule has 4 aliphatic rings. The van der Waals surface area contributed by atoms with E-state index in [2.05, 4.69) is 37.3 Å². The maximum atomic E-state index is 13.7. The molecule has 186 valence electrons. The van der Waals surface area contributed by atoms with E-state index in [1.54, 1.807) is 17.1 Å². The van der Waals surface area contributed by atoms with E-state index in [4.69, 9.17) is 5.26 Å². The highest BCUT2D eigenvalue weighted by molar-refractivity contribution is 5.82. The highest BCUT2D eigenvalue weighted by atomic mass is 16.3. The molecule has 1 heterocycles. The second-order valence-electron chi connectivity index (χ2n) is 12.9. The molecule has 4 saturated carbocycles. The average Bonchev–Trinajstić information content (AvgIpc) is 3.34. The van der Waals surface area contributed by atoms with Crippen LogP contribution >= 0.6 is 0 Å². The molecule has 1 aromatic heterocycles. The van der Waals surface area contributed by atoms with Crippen LogP contribution in [0.15, 0.2) is 12.4 Å². The van der Waals surface area contributed by atoms with E-state index in [0.29, 0.717) is 35.4 Å². The highest BCUT2D eigenvalue weighted by Crippen LogP contribution is 2.64. The standard InChI is InChI=1S/C28H42N4O2/c1-17(2)31-24-11-23(25(33)16-32-15-18(13-29)14-30-32)28(4)10-8-21-20-7-9-27(3,34)12-19(20)5-6-22(21)26(24)28/h14-15,17,19-24,26,31,34H,5-12,16H2,1-4H3/t19-,20+,21?,22-,23-,24?,26?,27-,28-/m1/s1. The van der Waals surface area contributed by atoms with Crippen molar-refractivity contribution in [2.24, 2.45) is 40.9 Å². The van der Waals surface area contributed by atoms with Crippen LogP contribution in [0.5, 0.6) is 0 Å². The summed E-state index contributed by atoms with van der Waals surface area (Å²) in [6.07, 6.45) is 12.0. The largest absolute Gasteiger partial charge is 0.390 e. The van der Waals surface area contributed by atoms with E-state index >= 15 is 0 Å². The summed E-state index contributed by atoms with van der Waals surface area (Å²) >= 11 is 0. The number of ketones is 1. The summed E-state index contributed by atoms with van der Waals surface area (Å²) in [6.45, 7) is 9.14. The molecule has 9 atom stereocenters. The van der Waals surface area contributed by atoms with Gasteiger partial charge in [0, 0.05) is 24.2 Å². The van der Waals surface area contributed by atoms with Crippen molar-refractivity contribution in [1.82, 2.24) is 15.1 Å². The summed E-state index contributed by atoms with van der Waals surface area (Å²) in [7, 11) is 0. The Hall–Kier alpha value is -1.71. The van der Waals surface area contributed by atoms with E-state index in [1.165, 1.54) is 19.3 Å². The summed E-state index contributed by atoms with van der Waals surface area (Å²) in [6, 6.07) is 2.88. The van der Waals surface area contributed by atoms with Crippen LogP contribution < -0.4 is 5.32 Å². The molecule has 0 bridgehead atoms. The van der Waals surface area contributed by atoms with Gasteiger partial charge in [-0.1, -0.05) is 20.8 Å². The quantitative estimate of drug-likeness (QED) is 0.674. The lowest BCUT2D eigenvalue weighted by atomic mass is 9.48. The Morgan fingerprint density at radius 2 is 2.00 bits per heavy atom. The van der Waals surface area contributed by atoms with E-state index < -0.39 is 5.60 Å². The lowest BCUT2D eigenvalue weighted by Crippen LogP contribution is -2.54. The van der Waals surface area contributed by atoms with Crippen LogP contribution in [0, 0.1) is 52.3 Å².